The minimum Gasteiger partial charge on any atom is -0.348 e. The van der Waals surface area contributed by atoms with Crippen LogP contribution in [0.15, 0.2) is 133 Å². The van der Waals surface area contributed by atoms with E-state index in [1.807, 2.05) is 0 Å². The molecule has 6 rings (SSSR count). The van der Waals surface area contributed by atoms with Crippen LogP contribution in [0.3, 0.4) is 0 Å². The van der Waals surface area contributed by atoms with E-state index in [2.05, 4.69) is 172 Å². The normalized spacial score (nSPS) is 16.5. The Hall–Kier alpha value is -4.56. The lowest BCUT2D eigenvalue weighted by Gasteiger charge is -2.26. The molecule has 0 saturated heterocycles. The van der Waals surface area contributed by atoms with Crippen LogP contribution in [-0.2, 0) is 7.05 Å². The van der Waals surface area contributed by atoms with E-state index in [-0.39, 0.29) is 0 Å². The van der Waals surface area contributed by atoms with E-state index in [1.165, 1.54) is 44.8 Å². The smallest absolute Gasteiger partial charge is 0.0479 e. The summed E-state index contributed by atoms with van der Waals surface area (Å²) < 4.78 is 2.24. The summed E-state index contributed by atoms with van der Waals surface area (Å²) in [6.45, 7) is 8.76. The van der Waals surface area contributed by atoms with Gasteiger partial charge in [-0.15, -0.1) is 0 Å². The van der Waals surface area contributed by atoms with E-state index in [1.54, 1.807) is 0 Å². The zero-order valence-electron chi connectivity index (χ0n) is 24.7. The molecule has 2 unspecified atom stereocenters. The van der Waals surface area contributed by atoms with Crippen molar-refractivity contribution in [1.82, 2.24) is 4.57 Å². The minimum atomic E-state index is 0.441. The van der Waals surface area contributed by atoms with E-state index in [0.717, 1.165) is 17.1 Å². The van der Waals surface area contributed by atoms with Crippen molar-refractivity contribution < 1.29 is 0 Å². The first kappa shape index (κ1) is 26.7. The lowest BCUT2D eigenvalue weighted by Crippen LogP contribution is -2.10. The summed E-state index contributed by atoms with van der Waals surface area (Å²) in [6.07, 6.45) is 6.94. The minimum absolute atomic E-state index is 0.441. The number of hydrogen-bond acceptors (Lipinski definition) is 1. The molecule has 1 aliphatic carbocycles. The molecule has 0 N–H and O–H groups in total. The molecule has 41 heavy (non-hydrogen) atoms. The zero-order chi connectivity index (χ0) is 28.5. The Labute approximate surface area is 244 Å². The van der Waals surface area contributed by atoms with Crippen molar-refractivity contribution in [2.75, 3.05) is 4.90 Å². The van der Waals surface area contributed by atoms with Crippen LogP contribution < -0.4 is 4.90 Å². The molecule has 2 nitrogen and oxygen atoms in total. The predicted octanol–water partition coefficient (Wildman–Crippen LogP) is 10.7. The van der Waals surface area contributed by atoms with Gasteiger partial charge in [0, 0.05) is 41.4 Å². The van der Waals surface area contributed by atoms with Gasteiger partial charge in [0.05, 0.1) is 0 Å². The monoisotopic (exact) mass is 534 g/mol. The first-order chi connectivity index (χ1) is 19.9. The van der Waals surface area contributed by atoms with E-state index in [0.29, 0.717) is 11.8 Å². The van der Waals surface area contributed by atoms with Crippen LogP contribution in [0.25, 0.3) is 22.4 Å². The molecule has 1 heterocycles. The topological polar surface area (TPSA) is 8.17 Å². The fourth-order valence-electron chi connectivity index (χ4n) is 5.84. The molecule has 5 aromatic rings. The first-order valence-corrected chi connectivity index (χ1v) is 14.5. The maximum absolute atomic E-state index is 2.39. The molecule has 2 atom stereocenters. The van der Waals surface area contributed by atoms with Crippen LogP contribution in [0, 0.1) is 19.8 Å². The summed E-state index contributed by atoms with van der Waals surface area (Å²) in [5.41, 5.74) is 13.6. The van der Waals surface area contributed by atoms with Gasteiger partial charge >= 0.3 is 0 Å². The Morgan fingerprint density at radius 1 is 0.585 bits per heavy atom. The van der Waals surface area contributed by atoms with Gasteiger partial charge in [-0.05, 0) is 97.5 Å². The Morgan fingerprint density at radius 2 is 1.10 bits per heavy atom. The number of allylic oxidation sites excluding steroid dienone is 4. The predicted molar refractivity (Wildman–Crippen MR) is 175 cm³/mol. The fourth-order valence-corrected chi connectivity index (χ4v) is 5.84. The van der Waals surface area contributed by atoms with Crippen molar-refractivity contribution in [3.8, 4) is 22.4 Å². The first-order valence-electron chi connectivity index (χ1n) is 14.5. The second-order valence-electron chi connectivity index (χ2n) is 11.5. The van der Waals surface area contributed by atoms with E-state index >= 15 is 0 Å². The second kappa shape index (κ2) is 11.1. The van der Waals surface area contributed by atoms with Crippen molar-refractivity contribution in [2.24, 2.45) is 13.0 Å². The Morgan fingerprint density at radius 3 is 1.63 bits per heavy atom. The lowest BCUT2D eigenvalue weighted by atomic mass is 9.82. The highest BCUT2D eigenvalue weighted by atomic mass is 15.1. The second-order valence-corrected chi connectivity index (χ2v) is 11.5. The van der Waals surface area contributed by atoms with Gasteiger partial charge in [-0.25, -0.2) is 0 Å². The number of rotatable bonds is 6. The van der Waals surface area contributed by atoms with Crippen molar-refractivity contribution in [3.05, 3.63) is 150 Å². The molecule has 0 aliphatic heterocycles. The van der Waals surface area contributed by atoms with Crippen molar-refractivity contribution >= 4 is 17.1 Å². The number of aryl methyl sites for hydroxylation is 2. The Bertz CT molecular complexity index is 1700. The molecular weight excluding hydrogens is 496 g/mol. The number of anilines is 3. The van der Waals surface area contributed by atoms with Gasteiger partial charge in [-0.3, -0.25) is 0 Å². The Balaban J connectivity index is 1.30. The molecule has 1 aliphatic rings. The van der Waals surface area contributed by atoms with Gasteiger partial charge in [-0.1, -0.05) is 97.0 Å². The average Bonchev–Trinajstić information content (AvgIpc) is 3.34. The summed E-state index contributed by atoms with van der Waals surface area (Å²) in [5.74, 6) is 0.957. The van der Waals surface area contributed by atoms with Gasteiger partial charge in [0.1, 0.15) is 0 Å². The van der Waals surface area contributed by atoms with Gasteiger partial charge in [0.15, 0.2) is 0 Å². The molecule has 4 aromatic carbocycles. The third-order valence-corrected chi connectivity index (χ3v) is 8.51. The van der Waals surface area contributed by atoms with Gasteiger partial charge in [-0.2, -0.15) is 0 Å². The highest BCUT2D eigenvalue weighted by molar-refractivity contribution is 5.79. The number of nitrogens with zero attached hydrogens (tertiary/aromatic N) is 2. The van der Waals surface area contributed by atoms with Crippen LogP contribution in [0.5, 0.6) is 0 Å². The Kier molecular flexibility index (Phi) is 7.24. The van der Waals surface area contributed by atoms with Gasteiger partial charge in [0.2, 0.25) is 0 Å². The number of benzene rings is 4. The summed E-state index contributed by atoms with van der Waals surface area (Å²) in [5, 5.41) is 0. The van der Waals surface area contributed by atoms with Crippen LogP contribution in [0.1, 0.15) is 36.6 Å². The fraction of sp³-hybridized carbons (Fsp3) is 0.179. The van der Waals surface area contributed by atoms with Gasteiger partial charge in [0.25, 0.3) is 0 Å². The molecular formula is C39H38N2. The quantitative estimate of drug-likeness (QED) is 0.210. The maximum Gasteiger partial charge on any atom is 0.0479 e. The van der Waals surface area contributed by atoms with Gasteiger partial charge < -0.3 is 9.47 Å². The molecule has 1 aromatic heterocycles. The average molecular weight is 535 g/mol. The zero-order valence-corrected chi connectivity index (χ0v) is 24.7. The molecule has 0 fully saturated rings. The van der Waals surface area contributed by atoms with E-state index in [9.17, 15) is 0 Å². The standard InChI is InChI=1S/C39H38N2/c1-27-7-19-35(20-8-27)41(37-23-17-34(18-24-37)39-25-10-30(4)40(39)5)36-21-15-32(16-22-36)31-11-13-33(14-12-31)38-26-28(2)6-9-29(38)3/h6-26,29,38H,1-5H3. The van der Waals surface area contributed by atoms with Crippen molar-refractivity contribution in [1.29, 1.82) is 0 Å². The molecule has 0 saturated carbocycles. The third-order valence-electron chi connectivity index (χ3n) is 8.51. The highest BCUT2D eigenvalue weighted by Crippen LogP contribution is 2.38. The summed E-state index contributed by atoms with van der Waals surface area (Å²) in [7, 11) is 2.12. The van der Waals surface area contributed by atoms with Crippen LogP contribution in [0.2, 0.25) is 0 Å². The molecule has 2 heteroatoms. The maximum atomic E-state index is 2.39. The summed E-state index contributed by atoms with van der Waals surface area (Å²) in [6, 6.07) is 40.1. The van der Waals surface area contributed by atoms with E-state index < -0.39 is 0 Å². The summed E-state index contributed by atoms with van der Waals surface area (Å²) >= 11 is 0. The van der Waals surface area contributed by atoms with E-state index in [4.69, 9.17) is 0 Å². The highest BCUT2D eigenvalue weighted by Gasteiger charge is 2.18. The molecule has 204 valence electrons. The molecule has 0 radical (unpaired) electrons. The van der Waals surface area contributed by atoms with Crippen LogP contribution in [-0.4, -0.2) is 4.57 Å². The molecule has 0 amide bonds. The SMILES string of the molecule is CC1=CC(c2ccc(-c3ccc(N(c4ccc(C)cc4)c4ccc(-c5ccc(C)n5C)cc4)cc3)cc2)C(C)C=C1. The number of aromatic nitrogens is 1. The van der Waals surface area contributed by atoms with Crippen molar-refractivity contribution in [3.63, 3.8) is 0 Å². The van der Waals surface area contributed by atoms with Crippen LogP contribution in [0.4, 0.5) is 17.1 Å². The van der Waals surface area contributed by atoms with Crippen molar-refractivity contribution in [2.45, 2.75) is 33.6 Å². The van der Waals surface area contributed by atoms with Crippen LogP contribution >= 0.6 is 0 Å². The largest absolute Gasteiger partial charge is 0.348 e. The molecule has 0 bridgehead atoms. The number of hydrogen-bond donors (Lipinski definition) is 0. The molecule has 0 spiro atoms. The lowest BCUT2D eigenvalue weighted by molar-refractivity contribution is 0.631. The third kappa shape index (κ3) is 5.43. The summed E-state index contributed by atoms with van der Waals surface area (Å²) in [4.78, 5) is 2.33.